The monoisotopic (exact) mass is 344 g/mol. The normalized spacial score (nSPS) is 24.1. The molecule has 0 bridgehead atoms. The van der Waals surface area contributed by atoms with Gasteiger partial charge in [-0.05, 0) is 12.5 Å². The standard InChI is InChI=1S/C14H15F3N4O3/c1-20-8(4-9(19-20)14(15,16)17)5-11(23)21-3-2-13(7-21)6-10(22)18-12(13)24/h4H,2-3,5-7H2,1H3,(H,18,22,24). The van der Waals surface area contributed by atoms with Gasteiger partial charge in [-0.25, -0.2) is 0 Å². The van der Waals surface area contributed by atoms with Crippen LogP contribution in [0.15, 0.2) is 6.07 Å². The Morgan fingerprint density at radius 1 is 1.42 bits per heavy atom. The summed E-state index contributed by atoms with van der Waals surface area (Å²) in [4.78, 5) is 37.0. The predicted octanol–water partition coefficient (Wildman–Crippen LogP) is 0.247. The summed E-state index contributed by atoms with van der Waals surface area (Å²) in [5, 5.41) is 5.60. The molecule has 10 heteroatoms. The van der Waals surface area contributed by atoms with Crippen molar-refractivity contribution in [3.05, 3.63) is 17.5 Å². The van der Waals surface area contributed by atoms with Gasteiger partial charge >= 0.3 is 6.18 Å². The highest BCUT2D eigenvalue weighted by atomic mass is 19.4. The Bertz CT molecular complexity index is 727. The minimum atomic E-state index is -4.57. The Morgan fingerprint density at radius 3 is 2.67 bits per heavy atom. The minimum Gasteiger partial charge on any atom is -0.341 e. The first kappa shape index (κ1) is 16.5. The number of hydrogen-bond donors (Lipinski definition) is 1. The molecule has 1 atom stereocenters. The van der Waals surface area contributed by atoms with Crippen molar-refractivity contribution < 1.29 is 27.6 Å². The van der Waals surface area contributed by atoms with Gasteiger partial charge in [-0.2, -0.15) is 18.3 Å². The van der Waals surface area contributed by atoms with Gasteiger partial charge in [0.2, 0.25) is 17.7 Å². The number of nitrogens with one attached hydrogen (secondary N) is 1. The van der Waals surface area contributed by atoms with Gasteiger partial charge < -0.3 is 4.90 Å². The van der Waals surface area contributed by atoms with Crippen LogP contribution in [-0.4, -0.2) is 45.5 Å². The summed E-state index contributed by atoms with van der Waals surface area (Å²) in [6.45, 7) is 0.400. The largest absolute Gasteiger partial charge is 0.435 e. The average Bonchev–Trinajstić information content (AvgIpc) is 3.11. The van der Waals surface area contributed by atoms with Gasteiger partial charge in [0.05, 0.1) is 11.8 Å². The van der Waals surface area contributed by atoms with Crippen molar-refractivity contribution in [2.45, 2.75) is 25.4 Å². The molecule has 2 fully saturated rings. The van der Waals surface area contributed by atoms with E-state index >= 15 is 0 Å². The zero-order valence-corrected chi connectivity index (χ0v) is 12.8. The smallest absolute Gasteiger partial charge is 0.341 e. The molecule has 2 saturated heterocycles. The summed E-state index contributed by atoms with van der Waals surface area (Å²) in [7, 11) is 1.34. The molecule has 0 radical (unpaired) electrons. The molecule has 1 spiro atoms. The number of alkyl halides is 3. The van der Waals surface area contributed by atoms with E-state index in [2.05, 4.69) is 10.4 Å². The number of aryl methyl sites for hydroxylation is 1. The number of amides is 3. The number of carbonyl (C=O) groups is 3. The summed E-state index contributed by atoms with van der Waals surface area (Å²) in [6, 6.07) is 0.843. The Labute approximate surface area is 134 Å². The first-order valence-corrected chi connectivity index (χ1v) is 7.33. The Morgan fingerprint density at radius 2 is 2.12 bits per heavy atom. The van der Waals surface area contributed by atoms with Crippen molar-refractivity contribution in [3.8, 4) is 0 Å². The number of nitrogens with zero attached hydrogens (tertiary/aromatic N) is 3. The highest BCUT2D eigenvalue weighted by molar-refractivity contribution is 6.06. The Hall–Kier alpha value is -2.39. The lowest BCUT2D eigenvalue weighted by molar-refractivity contribution is -0.141. The fraction of sp³-hybridized carbons (Fsp3) is 0.571. The highest BCUT2D eigenvalue weighted by Gasteiger charge is 2.51. The molecule has 1 aromatic heterocycles. The molecule has 2 aliphatic rings. The third-order valence-corrected chi connectivity index (χ3v) is 4.54. The van der Waals surface area contributed by atoms with E-state index < -0.39 is 23.2 Å². The van der Waals surface area contributed by atoms with Gasteiger partial charge in [0.25, 0.3) is 0 Å². The molecular formula is C14H15F3N4O3. The van der Waals surface area contributed by atoms with Crippen LogP contribution in [0.25, 0.3) is 0 Å². The number of halogens is 3. The molecule has 0 aromatic carbocycles. The van der Waals surface area contributed by atoms with Crippen LogP contribution < -0.4 is 5.32 Å². The number of rotatable bonds is 2. The summed E-state index contributed by atoms with van der Waals surface area (Å²) in [5.74, 6) is -1.14. The van der Waals surface area contributed by atoms with Crippen molar-refractivity contribution in [2.24, 2.45) is 12.5 Å². The van der Waals surface area contributed by atoms with Gasteiger partial charge in [-0.3, -0.25) is 24.4 Å². The van der Waals surface area contributed by atoms with E-state index in [0.717, 1.165) is 10.7 Å². The van der Waals surface area contributed by atoms with Crippen molar-refractivity contribution >= 4 is 17.7 Å². The lowest BCUT2D eigenvalue weighted by atomic mass is 9.85. The van der Waals surface area contributed by atoms with Gasteiger partial charge in [0.1, 0.15) is 0 Å². The van der Waals surface area contributed by atoms with E-state index in [9.17, 15) is 27.6 Å². The summed E-state index contributed by atoms with van der Waals surface area (Å²) < 4.78 is 39.0. The van der Waals surface area contributed by atoms with Crippen LogP contribution in [0.4, 0.5) is 13.2 Å². The number of carbonyl (C=O) groups excluding carboxylic acids is 3. The molecule has 130 valence electrons. The van der Waals surface area contributed by atoms with Crippen molar-refractivity contribution in [1.82, 2.24) is 20.0 Å². The van der Waals surface area contributed by atoms with Crippen molar-refractivity contribution in [1.29, 1.82) is 0 Å². The van der Waals surface area contributed by atoms with E-state index in [1.165, 1.54) is 11.9 Å². The molecule has 1 unspecified atom stereocenters. The maximum Gasteiger partial charge on any atom is 0.435 e. The third kappa shape index (κ3) is 2.76. The van der Waals surface area contributed by atoms with Crippen molar-refractivity contribution in [2.75, 3.05) is 13.1 Å². The van der Waals surface area contributed by atoms with E-state index in [-0.39, 0.29) is 36.9 Å². The van der Waals surface area contributed by atoms with E-state index in [4.69, 9.17) is 0 Å². The Kier molecular flexibility index (Phi) is 3.65. The van der Waals surface area contributed by atoms with Crippen LogP contribution in [0, 0.1) is 5.41 Å². The van der Waals surface area contributed by atoms with Gasteiger partial charge in [-0.15, -0.1) is 0 Å². The predicted molar refractivity (Wildman–Crippen MR) is 73.3 cm³/mol. The summed E-state index contributed by atoms with van der Waals surface area (Å²) in [6.07, 6.45) is -4.40. The quantitative estimate of drug-likeness (QED) is 0.780. The van der Waals surface area contributed by atoms with Crippen LogP contribution in [0.1, 0.15) is 24.2 Å². The molecule has 0 saturated carbocycles. The minimum absolute atomic E-state index is 0.0412. The highest BCUT2D eigenvalue weighted by Crippen LogP contribution is 2.37. The molecule has 1 aromatic rings. The average molecular weight is 344 g/mol. The second-order valence-corrected chi connectivity index (χ2v) is 6.22. The first-order chi connectivity index (χ1) is 11.1. The fourth-order valence-corrected chi connectivity index (χ4v) is 3.18. The second kappa shape index (κ2) is 5.32. The zero-order valence-electron chi connectivity index (χ0n) is 12.8. The molecular weight excluding hydrogens is 329 g/mol. The zero-order chi connectivity index (χ0) is 17.7. The molecule has 3 amide bonds. The lowest BCUT2D eigenvalue weighted by Gasteiger charge is -2.20. The first-order valence-electron chi connectivity index (χ1n) is 7.33. The molecule has 24 heavy (non-hydrogen) atoms. The number of aromatic nitrogens is 2. The lowest BCUT2D eigenvalue weighted by Crippen LogP contribution is -2.37. The molecule has 3 rings (SSSR count). The third-order valence-electron chi connectivity index (χ3n) is 4.54. The van der Waals surface area contributed by atoms with Crippen LogP contribution in [0.3, 0.4) is 0 Å². The van der Waals surface area contributed by atoms with Gasteiger partial charge in [0.15, 0.2) is 5.69 Å². The Balaban J connectivity index is 1.70. The van der Waals surface area contributed by atoms with Crippen LogP contribution in [-0.2, 0) is 34.0 Å². The molecule has 2 aliphatic heterocycles. The van der Waals surface area contributed by atoms with Crippen LogP contribution in [0.2, 0.25) is 0 Å². The fourth-order valence-electron chi connectivity index (χ4n) is 3.18. The number of imide groups is 1. The summed E-state index contributed by atoms with van der Waals surface area (Å²) in [5.41, 5.74) is -1.80. The maximum atomic E-state index is 12.7. The van der Waals surface area contributed by atoms with Crippen molar-refractivity contribution in [3.63, 3.8) is 0 Å². The maximum absolute atomic E-state index is 12.7. The van der Waals surface area contributed by atoms with E-state index in [1.807, 2.05) is 0 Å². The summed E-state index contributed by atoms with van der Waals surface area (Å²) >= 11 is 0. The van der Waals surface area contributed by atoms with Gasteiger partial charge in [0, 0.05) is 32.3 Å². The molecule has 1 N–H and O–H groups in total. The molecule has 0 aliphatic carbocycles. The van der Waals surface area contributed by atoms with E-state index in [1.54, 1.807) is 0 Å². The topological polar surface area (TPSA) is 84.3 Å². The molecule has 3 heterocycles. The van der Waals surface area contributed by atoms with Crippen LogP contribution >= 0.6 is 0 Å². The SMILES string of the molecule is Cn1nc(C(F)(F)F)cc1CC(=O)N1CCC2(CC(=O)NC2=O)C1. The number of likely N-dealkylation sites (tertiary alicyclic amines) is 1. The number of hydrogen-bond acceptors (Lipinski definition) is 4. The van der Waals surface area contributed by atoms with Crippen LogP contribution in [0.5, 0.6) is 0 Å². The van der Waals surface area contributed by atoms with Gasteiger partial charge in [-0.1, -0.05) is 0 Å². The second-order valence-electron chi connectivity index (χ2n) is 6.22. The molecule has 7 nitrogen and oxygen atoms in total. The van der Waals surface area contributed by atoms with E-state index in [0.29, 0.717) is 13.0 Å².